The number of imidazole rings is 1. The van der Waals surface area contributed by atoms with Gasteiger partial charge in [0, 0.05) is 6.20 Å². The summed E-state index contributed by atoms with van der Waals surface area (Å²) in [5, 5.41) is 0. The quantitative estimate of drug-likeness (QED) is 0.804. The van der Waals surface area contributed by atoms with Gasteiger partial charge in [0.15, 0.2) is 17.2 Å². The Morgan fingerprint density at radius 1 is 1.40 bits per heavy atom. The molecule has 0 spiro atoms. The second-order valence-corrected chi connectivity index (χ2v) is 3.60. The number of rotatable bonds is 0. The zero-order chi connectivity index (χ0) is 11.2. The van der Waals surface area contributed by atoms with E-state index in [1.165, 1.54) is 10.6 Å². The summed E-state index contributed by atoms with van der Waals surface area (Å²) < 4.78 is 38.7. The van der Waals surface area contributed by atoms with Gasteiger partial charge in [-0.25, -0.2) is 9.97 Å². The van der Waals surface area contributed by atoms with Gasteiger partial charge < -0.3 is 5.73 Å². The van der Waals surface area contributed by atoms with Crippen LogP contribution in [0.4, 0.5) is 19.0 Å². The first-order valence-corrected chi connectivity index (χ1v) is 4.55. The average molecular weight is 281 g/mol. The molecule has 0 unspecified atom stereocenters. The van der Waals surface area contributed by atoms with Crippen molar-refractivity contribution in [2.24, 2.45) is 0 Å². The van der Waals surface area contributed by atoms with Crippen molar-refractivity contribution in [3.63, 3.8) is 0 Å². The van der Waals surface area contributed by atoms with Crippen LogP contribution in [0.1, 0.15) is 5.69 Å². The maximum atomic E-state index is 12.4. The van der Waals surface area contributed by atoms with Crippen LogP contribution in [0.2, 0.25) is 0 Å². The van der Waals surface area contributed by atoms with Crippen LogP contribution in [0.25, 0.3) is 5.65 Å². The molecule has 2 aromatic heterocycles. The number of nitrogens with zero attached hydrogens (tertiary/aromatic N) is 3. The molecule has 0 aliphatic heterocycles. The summed E-state index contributed by atoms with van der Waals surface area (Å²) in [6, 6.07) is 0. The van der Waals surface area contributed by atoms with Crippen molar-refractivity contribution < 1.29 is 13.2 Å². The molecule has 0 radical (unpaired) electrons. The van der Waals surface area contributed by atoms with Crippen molar-refractivity contribution in [2.45, 2.75) is 6.18 Å². The number of nitrogens with two attached hydrogens (primary N) is 1. The number of anilines is 1. The van der Waals surface area contributed by atoms with E-state index in [9.17, 15) is 13.2 Å². The third-order valence-electron chi connectivity index (χ3n) is 1.76. The SMILES string of the molecule is Nc1nc(C(F)(F)F)cn2c(Br)cnc12. The summed E-state index contributed by atoms with van der Waals surface area (Å²) >= 11 is 3.05. The number of hydrogen-bond donors (Lipinski definition) is 1. The van der Waals surface area contributed by atoms with Gasteiger partial charge in [0.1, 0.15) is 4.60 Å². The van der Waals surface area contributed by atoms with Crippen LogP contribution in [-0.4, -0.2) is 14.4 Å². The smallest absolute Gasteiger partial charge is 0.381 e. The van der Waals surface area contributed by atoms with Gasteiger partial charge in [0.2, 0.25) is 0 Å². The minimum absolute atomic E-state index is 0.190. The van der Waals surface area contributed by atoms with Gasteiger partial charge in [-0.3, -0.25) is 4.40 Å². The molecule has 0 amide bonds. The van der Waals surface area contributed by atoms with E-state index in [-0.39, 0.29) is 11.5 Å². The molecule has 0 bridgehead atoms. The molecule has 0 aliphatic carbocycles. The fourth-order valence-corrected chi connectivity index (χ4v) is 1.49. The Kier molecular flexibility index (Phi) is 2.10. The summed E-state index contributed by atoms with van der Waals surface area (Å²) in [6.45, 7) is 0. The van der Waals surface area contributed by atoms with E-state index in [1.54, 1.807) is 0 Å². The molecule has 2 rings (SSSR count). The van der Waals surface area contributed by atoms with Gasteiger partial charge >= 0.3 is 6.18 Å². The highest BCUT2D eigenvalue weighted by molar-refractivity contribution is 9.10. The summed E-state index contributed by atoms with van der Waals surface area (Å²) in [7, 11) is 0. The Labute approximate surface area is 90.1 Å². The van der Waals surface area contributed by atoms with Gasteiger partial charge in [-0.1, -0.05) is 0 Å². The lowest BCUT2D eigenvalue weighted by molar-refractivity contribution is -0.141. The van der Waals surface area contributed by atoms with Crippen molar-refractivity contribution >= 4 is 27.4 Å². The zero-order valence-electron chi connectivity index (χ0n) is 7.09. The molecule has 0 saturated heterocycles. The molecule has 2 N–H and O–H groups in total. The molecule has 0 aliphatic rings. The number of halogens is 4. The molecule has 4 nitrogen and oxygen atoms in total. The maximum absolute atomic E-state index is 12.4. The molecule has 0 atom stereocenters. The largest absolute Gasteiger partial charge is 0.434 e. The van der Waals surface area contributed by atoms with Gasteiger partial charge in [0.25, 0.3) is 0 Å². The Bertz CT molecular complexity index is 519. The molecule has 0 saturated carbocycles. The number of hydrogen-bond acceptors (Lipinski definition) is 3. The second kappa shape index (κ2) is 3.09. The maximum Gasteiger partial charge on any atom is 0.434 e. The van der Waals surface area contributed by atoms with Crippen LogP contribution < -0.4 is 5.73 Å². The standard InChI is InChI=1S/C7H4BrF3N4/c8-4-1-13-6-5(12)14-3(2-15(4)6)7(9,10)11/h1-2H,(H2,12,14). The fraction of sp³-hybridized carbons (Fsp3) is 0.143. The third kappa shape index (κ3) is 1.65. The topological polar surface area (TPSA) is 56.2 Å². The van der Waals surface area contributed by atoms with E-state index in [4.69, 9.17) is 5.73 Å². The lowest BCUT2D eigenvalue weighted by atomic mass is 10.4. The average Bonchev–Trinajstić information content (AvgIpc) is 2.47. The van der Waals surface area contributed by atoms with Crippen molar-refractivity contribution in [3.05, 3.63) is 22.7 Å². The van der Waals surface area contributed by atoms with E-state index in [0.717, 1.165) is 6.20 Å². The van der Waals surface area contributed by atoms with Gasteiger partial charge in [-0.2, -0.15) is 13.2 Å². The van der Waals surface area contributed by atoms with Crippen LogP contribution in [0.5, 0.6) is 0 Å². The molecule has 15 heavy (non-hydrogen) atoms. The Hall–Kier alpha value is -1.31. The monoisotopic (exact) mass is 280 g/mol. The molecule has 2 heterocycles. The number of aromatic nitrogens is 3. The van der Waals surface area contributed by atoms with E-state index < -0.39 is 11.9 Å². The lowest BCUT2D eigenvalue weighted by Crippen LogP contribution is -2.11. The van der Waals surface area contributed by atoms with E-state index in [1.807, 2.05) is 0 Å². The van der Waals surface area contributed by atoms with E-state index >= 15 is 0 Å². The zero-order valence-corrected chi connectivity index (χ0v) is 8.67. The molecule has 0 fully saturated rings. The van der Waals surface area contributed by atoms with Crippen molar-refractivity contribution in [3.8, 4) is 0 Å². The summed E-state index contributed by atoms with van der Waals surface area (Å²) in [5.41, 5.74) is 4.49. The Morgan fingerprint density at radius 2 is 2.07 bits per heavy atom. The van der Waals surface area contributed by atoms with Crippen LogP contribution in [0, 0.1) is 0 Å². The number of fused-ring (bicyclic) bond motifs is 1. The Balaban J connectivity index is 2.76. The summed E-state index contributed by atoms with van der Waals surface area (Å²) in [5.74, 6) is -0.254. The minimum atomic E-state index is -4.52. The van der Waals surface area contributed by atoms with Crippen LogP contribution in [0.15, 0.2) is 17.0 Å². The van der Waals surface area contributed by atoms with Crippen LogP contribution >= 0.6 is 15.9 Å². The lowest BCUT2D eigenvalue weighted by Gasteiger charge is -2.07. The molecular formula is C7H4BrF3N4. The third-order valence-corrected chi connectivity index (χ3v) is 2.35. The molecular weight excluding hydrogens is 277 g/mol. The molecule has 2 aromatic rings. The number of nitrogen functional groups attached to an aromatic ring is 1. The van der Waals surface area contributed by atoms with Gasteiger partial charge in [-0.05, 0) is 15.9 Å². The predicted molar refractivity (Wildman–Crippen MR) is 50.1 cm³/mol. The first kappa shape index (κ1) is 10.2. The van der Waals surface area contributed by atoms with Crippen LogP contribution in [0.3, 0.4) is 0 Å². The molecule has 80 valence electrons. The normalized spacial score (nSPS) is 12.3. The summed E-state index contributed by atoms with van der Waals surface area (Å²) in [6.07, 6.45) is -2.33. The van der Waals surface area contributed by atoms with E-state index in [2.05, 4.69) is 25.9 Å². The number of alkyl halides is 3. The highest BCUT2D eigenvalue weighted by atomic mass is 79.9. The van der Waals surface area contributed by atoms with Gasteiger partial charge in [-0.15, -0.1) is 0 Å². The first-order chi connectivity index (χ1) is 6.89. The minimum Gasteiger partial charge on any atom is -0.381 e. The van der Waals surface area contributed by atoms with E-state index in [0.29, 0.717) is 4.60 Å². The van der Waals surface area contributed by atoms with Crippen molar-refractivity contribution in [2.75, 3.05) is 5.73 Å². The predicted octanol–water partition coefficient (Wildman–Crippen LogP) is 2.09. The Morgan fingerprint density at radius 3 is 2.67 bits per heavy atom. The first-order valence-electron chi connectivity index (χ1n) is 3.76. The highest BCUT2D eigenvalue weighted by Gasteiger charge is 2.33. The summed E-state index contributed by atoms with van der Waals surface area (Å²) in [4.78, 5) is 7.04. The fourth-order valence-electron chi connectivity index (χ4n) is 1.12. The highest BCUT2D eigenvalue weighted by Crippen LogP contribution is 2.29. The second-order valence-electron chi connectivity index (χ2n) is 2.78. The van der Waals surface area contributed by atoms with Crippen molar-refractivity contribution in [1.82, 2.24) is 14.4 Å². The van der Waals surface area contributed by atoms with Crippen LogP contribution in [-0.2, 0) is 6.18 Å². The van der Waals surface area contributed by atoms with Crippen molar-refractivity contribution in [1.29, 1.82) is 0 Å². The molecule has 0 aromatic carbocycles. The van der Waals surface area contributed by atoms with Gasteiger partial charge in [0.05, 0.1) is 6.20 Å². The molecule has 8 heteroatoms.